The number of hydrogen-bond acceptors (Lipinski definition) is 2. The molecule has 2 aromatic rings. The summed E-state index contributed by atoms with van der Waals surface area (Å²) in [6, 6.07) is 8.37. The van der Waals surface area contributed by atoms with Gasteiger partial charge in [-0.2, -0.15) is 0 Å². The Morgan fingerprint density at radius 1 is 0.771 bits per heavy atom. The monoisotopic (exact) mass is 480 g/mol. The smallest absolute Gasteiger partial charge is 0.130 e. The average molecular weight is 481 g/mol. The highest BCUT2D eigenvalue weighted by Gasteiger charge is 2.17. The SMILES string of the molecule is COc1c(C)c(C/C=C(\C)CCC[C@H](C)CCC[C@H](C)CCCC(C)C)c(OC)c2ccccc12. The van der Waals surface area contributed by atoms with Gasteiger partial charge in [-0.25, -0.2) is 0 Å². The van der Waals surface area contributed by atoms with Crippen LogP contribution in [-0.4, -0.2) is 14.2 Å². The summed E-state index contributed by atoms with van der Waals surface area (Å²) in [5.74, 6) is 4.51. The molecule has 2 heteroatoms. The topological polar surface area (TPSA) is 18.5 Å². The van der Waals surface area contributed by atoms with Crippen molar-refractivity contribution in [1.29, 1.82) is 0 Å². The van der Waals surface area contributed by atoms with Crippen molar-refractivity contribution in [1.82, 2.24) is 0 Å². The van der Waals surface area contributed by atoms with Crippen LogP contribution >= 0.6 is 0 Å². The van der Waals surface area contributed by atoms with E-state index in [4.69, 9.17) is 9.47 Å². The maximum absolute atomic E-state index is 5.89. The Morgan fingerprint density at radius 3 is 1.83 bits per heavy atom. The number of methoxy groups -OCH3 is 2. The van der Waals surface area contributed by atoms with E-state index >= 15 is 0 Å². The van der Waals surface area contributed by atoms with E-state index < -0.39 is 0 Å². The van der Waals surface area contributed by atoms with Gasteiger partial charge in [0.1, 0.15) is 11.5 Å². The van der Waals surface area contributed by atoms with Gasteiger partial charge in [-0.1, -0.05) is 109 Å². The number of hydrogen-bond donors (Lipinski definition) is 0. The first-order valence-corrected chi connectivity index (χ1v) is 14.1. The van der Waals surface area contributed by atoms with Gasteiger partial charge in [0.05, 0.1) is 14.2 Å². The van der Waals surface area contributed by atoms with Crippen LogP contribution in [0.4, 0.5) is 0 Å². The molecular formula is C33H52O2. The maximum Gasteiger partial charge on any atom is 0.130 e. The fourth-order valence-corrected chi connectivity index (χ4v) is 5.38. The molecule has 2 aromatic carbocycles. The molecule has 35 heavy (non-hydrogen) atoms. The zero-order valence-corrected chi connectivity index (χ0v) is 24.0. The largest absolute Gasteiger partial charge is 0.496 e. The summed E-state index contributed by atoms with van der Waals surface area (Å²) in [5, 5.41) is 2.24. The van der Waals surface area contributed by atoms with Gasteiger partial charge in [0, 0.05) is 16.3 Å². The van der Waals surface area contributed by atoms with Gasteiger partial charge in [0.25, 0.3) is 0 Å². The predicted molar refractivity (Wildman–Crippen MR) is 154 cm³/mol. The zero-order chi connectivity index (χ0) is 25.8. The lowest BCUT2D eigenvalue weighted by Crippen LogP contribution is -2.01. The molecule has 0 unspecified atom stereocenters. The summed E-state index contributed by atoms with van der Waals surface area (Å²) in [6.07, 6.45) is 15.4. The van der Waals surface area contributed by atoms with Crippen molar-refractivity contribution in [3.8, 4) is 11.5 Å². The lowest BCUT2D eigenvalue weighted by molar-refractivity contribution is 0.389. The Kier molecular flexibility index (Phi) is 12.7. The Labute approximate surface area is 216 Å². The predicted octanol–water partition coefficient (Wildman–Crippen LogP) is 10.1. The second-order valence-corrected chi connectivity index (χ2v) is 11.3. The van der Waals surface area contributed by atoms with Crippen molar-refractivity contribution >= 4 is 10.8 Å². The molecule has 0 aliphatic carbocycles. The lowest BCUT2D eigenvalue weighted by Gasteiger charge is -2.18. The van der Waals surface area contributed by atoms with Crippen LogP contribution in [0.25, 0.3) is 10.8 Å². The highest BCUT2D eigenvalue weighted by molar-refractivity contribution is 5.96. The van der Waals surface area contributed by atoms with Crippen LogP contribution in [0.5, 0.6) is 11.5 Å². The summed E-state index contributed by atoms with van der Waals surface area (Å²) < 4.78 is 11.7. The number of benzene rings is 2. The van der Waals surface area contributed by atoms with Crippen molar-refractivity contribution < 1.29 is 9.47 Å². The first-order chi connectivity index (χ1) is 16.8. The van der Waals surface area contributed by atoms with Crippen molar-refractivity contribution in [2.45, 2.75) is 106 Å². The van der Waals surface area contributed by atoms with Crippen molar-refractivity contribution in [2.24, 2.45) is 17.8 Å². The van der Waals surface area contributed by atoms with Crippen LogP contribution in [0, 0.1) is 24.7 Å². The normalized spacial score (nSPS) is 13.9. The standard InChI is InChI=1S/C33H52O2/c1-24(2)14-11-15-25(3)16-12-17-26(4)18-13-19-27(5)22-23-29-28(6)32(34-7)30-20-9-10-21-31(30)33(29)35-8/h9-10,20-22,24-26H,11-19,23H2,1-8H3/b27-22+/t25-,26-/m1/s1. The van der Waals surface area contributed by atoms with Gasteiger partial charge >= 0.3 is 0 Å². The zero-order valence-electron chi connectivity index (χ0n) is 24.0. The number of ether oxygens (including phenoxy) is 2. The molecule has 2 atom stereocenters. The van der Waals surface area contributed by atoms with Gasteiger partial charge in [-0.05, 0) is 56.4 Å². The molecule has 0 heterocycles. The number of allylic oxidation sites excluding steroid dienone is 2. The van der Waals surface area contributed by atoms with Gasteiger partial charge < -0.3 is 9.47 Å². The Morgan fingerprint density at radius 2 is 1.29 bits per heavy atom. The fraction of sp³-hybridized carbons (Fsp3) is 0.636. The molecule has 2 rings (SSSR count). The van der Waals surface area contributed by atoms with E-state index in [0.717, 1.165) is 46.4 Å². The van der Waals surface area contributed by atoms with E-state index in [9.17, 15) is 0 Å². The van der Waals surface area contributed by atoms with E-state index in [1.54, 1.807) is 14.2 Å². The molecule has 2 nitrogen and oxygen atoms in total. The summed E-state index contributed by atoms with van der Waals surface area (Å²) in [4.78, 5) is 0. The third-order valence-corrected chi connectivity index (χ3v) is 7.69. The molecule has 0 N–H and O–H groups in total. The third-order valence-electron chi connectivity index (χ3n) is 7.69. The lowest BCUT2D eigenvalue weighted by atomic mass is 9.91. The molecule has 0 aliphatic heterocycles. The summed E-state index contributed by atoms with van der Waals surface area (Å²) in [7, 11) is 3.54. The molecule has 0 radical (unpaired) electrons. The van der Waals surface area contributed by atoms with Crippen LogP contribution in [0.15, 0.2) is 35.9 Å². The van der Waals surface area contributed by atoms with Gasteiger partial charge in [-0.15, -0.1) is 0 Å². The second kappa shape index (κ2) is 15.2. The highest BCUT2D eigenvalue weighted by atomic mass is 16.5. The molecule has 0 aliphatic rings. The van der Waals surface area contributed by atoms with Crippen LogP contribution in [0.2, 0.25) is 0 Å². The van der Waals surface area contributed by atoms with E-state index in [1.165, 1.54) is 74.5 Å². The first kappa shape index (κ1) is 29.3. The van der Waals surface area contributed by atoms with Crippen LogP contribution in [0.3, 0.4) is 0 Å². The molecule has 0 aromatic heterocycles. The van der Waals surface area contributed by atoms with Crippen molar-refractivity contribution in [3.63, 3.8) is 0 Å². The minimum atomic E-state index is 0.831. The molecule has 0 saturated carbocycles. The molecule has 0 saturated heterocycles. The molecule has 0 spiro atoms. The fourth-order valence-electron chi connectivity index (χ4n) is 5.38. The summed E-state index contributed by atoms with van der Waals surface area (Å²) in [5.41, 5.74) is 3.89. The minimum absolute atomic E-state index is 0.831. The van der Waals surface area contributed by atoms with Crippen LogP contribution < -0.4 is 9.47 Å². The first-order valence-electron chi connectivity index (χ1n) is 14.1. The van der Waals surface area contributed by atoms with Crippen molar-refractivity contribution in [2.75, 3.05) is 14.2 Å². The van der Waals surface area contributed by atoms with Crippen LogP contribution in [0.1, 0.15) is 104 Å². The molecule has 196 valence electrons. The summed E-state index contributed by atoms with van der Waals surface area (Å²) in [6.45, 7) is 14.0. The van der Waals surface area contributed by atoms with E-state index in [-0.39, 0.29) is 0 Å². The molecule has 0 bridgehead atoms. The highest BCUT2D eigenvalue weighted by Crippen LogP contribution is 2.40. The van der Waals surface area contributed by atoms with E-state index in [1.807, 2.05) is 0 Å². The van der Waals surface area contributed by atoms with Gasteiger partial charge in [-0.3, -0.25) is 0 Å². The van der Waals surface area contributed by atoms with Gasteiger partial charge in [0.2, 0.25) is 0 Å². The minimum Gasteiger partial charge on any atom is -0.496 e. The van der Waals surface area contributed by atoms with Crippen molar-refractivity contribution in [3.05, 3.63) is 47.0 Å². The third kappa shape index (κ3) is 9.21. The van der Waals surface area contributed by atoms with E-state index in [2.05, 4.69) is 71.9 Å². The molecular weight excluding hydrogens is 428 g/mol. The molecule has 0 fully saturated rings. The number of rotatable bonds is 16. The quantitative estimate of drug-likeness (QED) is 0.222. The Bertz CT molecular complexity index is 924. The number of fused-ring (bicyclic) bond motifs is 1. The Balaban J connectivity index is 1.83. The maximum atomic E-state index is 5.89. The molecule has 0 amide bonds. The van der Waals surface area contributed by atoms with Crippen LogP contribution in [-0.2, 0) is 6.42 Å². The second-order valence-electron chi connectivity index (χ2n) is 11.3. The Hall–Kier alpha value is -1.96. The summed E-state index contributed by atoms with van der Waals surface area (Å²) >= 11 is 0. The van der Waals surface area contributed by atoms with Gasteiger partial charge in [0.15, 0.2) is 0 Å². The average Bonchev–Trinajstić information content (AvgIpc) is 2.82. The van der Waals surface area contributed by atoms with E-state index in [0.29, 0.717) is 0 Å².